The molecule has 4 rings (SSSR count). The van der Waals surface area contributed by atoms with Crippen LogP contribution in [0.2, 0.25) is 0 Å². The first-order valence-corrected chi connectivity index (χ1v) is 10.9. The van der Waals surface area contributed by atoms with Crippen molar-refractivity contribution in [1.82, 2.24) is 10.2 Å². The first-order chi connectivity index (χ1) is 13.9. The lowest BCUT2D eigenvalue weighted by atomic mass is 9.80. The molecule has 3 amide bonds. The second-order valence-electron chi connectivity index (χ2n) is 8.02. The lowest BCUT2D eigenvalue weighted by Gasteiger charge is -2.31. The van der Waals surface area contributed by atoms with Crippen LogP contribution < -0.4 is 10.1 Å². The fraction of sp³-hybridized carbons (Fsp3) is 0.455. The van der Waals surface area contributed by atoms with Gasteiger partial charge in [0.15, 0.2) is 0 Å². The molecule has 2 N–H and O–H groups in total. The van der Waals surface area contributed by atoms with Gasteiger partial charge in [-0.05, 0) is 48.3 Å². The van der Waals surface area contributed by atoms with Gasteiger partial charge < -0.3 is 15.2 Å². The number of urea groups is 1. The molecule has 2 heterocycles. The molecule has 0 bridgehead atoms. The van der Waals surface area contributed by atoms with Crippen molar-refractivity contribution in [2.75, 3.05) is 13.2 Å². The van der Waals surface area contributed by atoms with E-state index in [0.29, 0.717) is 18.1 Å². The molecule has 1 saturated heterocycles. The van der Waals surface area contributed by atoms with Crippen LogP contribution in [0.3, 0.4) is 0 Å². The summed E-state index contributed by atoms with van der Waals surface area (Å²) < 4.78 is 5.80. The van der Waals surface area contributed by atoms with E-state index in [4.69, 9.17) is 4.74 Å². The van der Waals surface area contributed by atoms with E-state index in [-0.39, 0.29) is 19.1 Å². The number of hydrogen-bond donors (Lipinski definition) is 2. The Labute approximate surface area is 174 Å². The fourth-order valence-electron chi connectivity index (χ4n) is 4.25. The molecule has 1 fully saturated rings. The molecule has 0 radical (unpaired) electrons. The number of ether oxygens (including phenoxy) is 1. The van der Waals surface area contributed by atoms with E-state index in [0.717, 1.165) is 33.7 Å². The third-order valence-electron chi connectivity index (χ3n) is 5.70. The highest BCUT2D eigenvalue weighted by atomic mass is 32.1. The molecule has 29 heavy (non-hydrogen) atoms. The number of rotatable bonds is 6. The highest BCUT2D eigenvalue weighted by Gasteiger charge is 2.54. The minimum Gasteiger partial charge on any atom is -0.491 e. The lowest BCUT2D eigenvalue weighted by Crippen LogP contribution is -2.46. The van der Waals surface area contributed by atoms with E-state index < -0.39 is 17.7 Å². The number of aliphatic hydroxyl groups is 1. The van der Waals surface area contributed by atoms with Gasteiger partial charge in [0.05, 0.1) is 6.54 Å². The molecule has 2 aliphatic rings. The molecule has 0 saturated carbocycles. The molecule has 1 aromatic carbocycles. The summed E-state index contributed by atoms with van der Waals surface area (Å²) in [6, 6.07) is 9.18. The Morgan fingerprint density at radius 2 is 2.07 bits per heavy atom. The topological polar surface area (TPSA) is 78.9 Å². The molecule has 2 aromatic rings. The van der Waals surface area contributed by atoms with Crippen LogP contribution in [-0.2, 0) is 16.8 Å². The second-order valence-corrected chi connectivity index (χ2v) is 9.02. The maximum absolute atomic E-state index is 13.2. The summed E-state index contributed by atoms with van der Waals surface area (Å²) in [7, 11) is 0. The van der Waals surface area contributed by atoms with Crippen molar-refractivity contribution in [2.24, 2.45) is 0 Å². The Hall–Kier alpha value is -2.38. The van der Waals surface area contributed by atoms with Crippen LogP contribution in [0, 0.1) is 0 Å². The highest BCUT2D eigenvalue weighted by Crippen LogP contribution is 2.42. The normalized spacial score (nSPS) is 22.1. The molecule has 1 aliphatic carbocycles. The van der Waals surface area contributed by atoms with E-state index in [1.165, 1.54) is 0 Å². The van der Waals surface area contributed by atoms with Gasteiger partial charge in [-0.1, -0.05) is 32.0 Å². The maximum atomic E-state index is 13.2. The summed E-state index contributed by atoms with van der Waals surface area (Å²) >= 11 is 1.62. The van der Waals surface area contributed by atoms with E-state index in [2.05, 4.69) is 19.2 Å². The predicted molar refractivity (Wildman–Crippen MR) is 111 cm³/mol. The smallest absolute Gasteiger partial charge is 0.325 e. The van der Waals surface area contributed by atoms with Gasteiger partial charge in [0.25, 0.3) is 5.91 Å². The van der Waals surface area contributed by atoms with Crippen LogP contribution in [0.25, 0.3) is 0 Å². The summed E-state index contributed by atoms with van der Waals surface area (Å²) in [4.78, 5) is 28.1. The lowest BCUT2D eigenvalue weighted by molar-refractivity contribution is -0.133. The van der Waals surface area contributed by atoms with Gasteiger partial charge in [-0.25, -0.2) is 4.79 Å². The van der Waals surface area contributed by atoms with E-state index in [1.54, 1.807) is 11.3 Å². The number of thiophene rings is 1. The van der Waals surface area contributed by atoms with Gasteiger partial charge in [0.1, 0.15) is 24.0 Å². The maximum Gasteiger partial charge on any atom is 0.325 e. The zero-order valence-corrected chi connectivity index (χ0v) is 17.5. The highest BCUT2D eigenvalue weighted by molar-refractivity contribution is 7.10. The number of β-amino-alcohol motifs (C(OH)–C–C–N with tert-alkyl or cyclic N) is 1. The average molecular weight is 415 g/mol. The Morgan fingerprint density at radius 1 is 1.28 bits per heavy atom. The Bertz CT molecular complexity index is 925. The molecular formula is C22H26N2O4S. The fourth-order valence-corrected chi connectivity index (χ4v) is 5.25. The SMILES string of the molecule is CC(C)c1ccccc1OC[C@@H](O)CN1C(=O)N[C@]2(CCCc3sccc32)C1=O. The van der Waals surface area contributed by atoms with Gasteiger partial charge in [-0.2, -0.15) is 0 Å². The summed E-state index contributed by atoms with van der Waals surface area (Å²) in [5.41, 5.74) is 0.988. The van der Waals surface area contributed by atoms with E-state index >= 15 is 0 Å². The predicted octanol–water partition coefficient (Wildman–Crippen LogP) is 3.39. The molecule has 0 unspecified atom stereocenters. The van der Waals surface area contributed by atoms with Crippen molar-refractivity contribution in [3.63, 3.8) is 0 Å². The second kappa shape index (κ2) is 7.80. The zero-order chi connectivity index (χ0) is 20.6. The van der Waals surface area contributed by atoms with Gasteiger partial charge in [-0.15, -0.1) is 11.3 Å². The number of imide groups is 1. The van der Waals surface area contributed by atoms with Gasteiger partial charge in [0, 0.05) is 10.4 Å². The third-order valence-corrected chi connectivity index (χ3v) is 6.68. The molecule has 7 heteroatoms. The minimum atomic E-state index is -0.977. The van der Waals surface area contributed by atoms with Crippen LogP contribution in [0.1, 0.15) is 48.6 Å². The monoisotopic (exact) mass is 414 g/mol. The van der Waals surface area contributed by atoms with E-state index in [9.17, 15) is 14.7 Å². The summed E-state index contributed by atoms with van der Waals surface area (Å²) in [5.74, 6) is 0.731. The van der Waals surface area contributed by atoms with Crippen LogP contribution in [-0.4, -0.2) is 41.2 Å². The van der Waals surface area contributed by atoms with Crippen LogP contribution in [0.15, 0.2) is 35.7 Å². The van der Waals surface area contributed by atoms with Crippen LogP contribution >= 0.6 is 11.3 Å². The van der Waals surface area contributed by atoms with Crippen molar-refractivity contribution < 1.29 is 19.4 Å². The van der Waals surface area contributed by atoms with Crippen LogP contribution in [0.4, 0.5) is 4.79 Å². The first-order valence-electron chi connectivity index (χ1n) is 10.0. The van der Waals surface area contributed by atoms with Crippen molar-refractivity contribution in [2.45, 2.75) is 50.7 Å². The van der Waals surface area contributed by atoms with Crippen molar-refractivity contribution in [1.29, 1.82) is 0 Å². The zero-order valence-electron chi connectivity index (χ0n) is 16.7. The quantitative estimate of drug-likeness (QED) is 0.710. The molecule has 2 atom stereocenters. The number of fused-ring (bicyclic) bond motifs is 2. The Morgan fingerprint density at radius 3 is 2.86 bits per heavy atom. The molecule has 1 spiro atoms. The number of amides is 3. The largest absolute Gasteiger partial charge is 0.491 e. The number of benzene rings is 1. The van der Waals surface area contributed by atoms with Gasteiger partial charge >= 0.3 is 6.03 Å². The number of hydrogen-bond acceptors (Lipinski definition) is 5. The average Bonchev–Trinajstić information content (AvgIpc) is 3.27. The van der Waals surface area contributed by atoms with Crippen molar-refractivity contribution >= 4 is 23.3 Å². The minimum absolute atomic E-state index is 0.0114. The summed E-state index contributed by atoms with van der Waals surface area (Å²) in [6.45, 7) is 4.08. The number of nitrogens with one attached hydrogen (secondary N) is 1. The number of para-hydroxylation sites is 1. The van der Waals surface area contributed by atoms with Gasteiger partial charge in [0.2, 0.25) is 0 Å². The van der Waals surface area contributed by atoms with Gasteiger partial charge in [-0.3, -0.25) is 9.69 Å². The summed E-state index contributed by atoms with van der Waals surface area (Å²) in [6.07, 6.45) is 1.41. The molecule has 6 nitrogen and oxygen atoms in total. The molecule has 154 valence electrons. The standard InChI is InChI=1S/C22H26N2O4S/c1-14(2)16-6-3-4-7-18(16)28-13-15(25)12-24-20(26)22(23-21(24)27)10-5-8-19-17(22)9-11-29-19/h3-4,6-7,9,11,14-15,25H,5,8,10,12-13H2,1-2H3,(H,23,27)/t15-,22-/m0/s1. The molecule has 1 aliphatic heterocycles. The number of aryl methyl sites for hydroxylation is 1. The van der Waals surface area contributed by atoms with Crippen molar-refractivity contribution in [3.05, 3.63) is 51.7 Å². The molecule has 1 aromatic heterocycles. The van der Waals surface area contributed by atoms with E-state index in [1.807, 2.05) is 35.7 Å². The number of carbonyl (C=O) groups is 2. The third kappa shape index (κ3) is 3.53. The number of carbonyl (C=O) groups excluding carboxylic acids is 2. The number of nitrogens with zero attached hydrogens (tertiary/aromatic N) is 1. The van der Waals surface area contributed by atoms with Crippen LogP contribution in [0.5, 0.6) is 5.75 Å². The summed E-state index contributed by atoms with van der Waals surface area (Å²) in [5, 5.41) is 15.4. The first kappa shape index (κ1) is 19.9. The Balaban J connectivity index is 1.44. The number of aliphatic hydroxyl groups excluding tert-OH is 1. The van der Waals surface area contributed by atoms with Crippen molar-refractivity contribution in [3.8, 4) is 5.75 Å². The molecular weight excluding hydrogens is 388 g/mol. The Kier molecular flexibility index (Phi) is 5.36.